The summed E-state index contributed by atoms with van der Waals surface area (Å²) >= 11 is 3.44. The highest BCUT2D eigenvalue weighted by atomic mass is 79.9. The monoisotopic (exact) mass is 425 g/mol. The molecule has 1 fully saturated rings. The van der Waals surface area contributed by atoms with Crippen molar-refractivity contribution < 1.29 is 4.79 Å². The van der Waals surface area contributed by atoms with E-state index in [1.807, 2.05) is 30.3 Å². The molecule has 5 nitrogen and oxygen atoms in total. The number of carbonyl (C=O) groups excluding carboxylic acids is 1. The summed E-state index contributed by atoms with van der Waals surface area (Å²) in [6, 6.07) is 15.1. The van der Waals surface area contributed by atoms with Crippen LogP contribution in [0.3, 0.4) is 0 Å². The van der Waals surface area contributed by atoms with Crippen molar-refractivity contribution in [3.05, 3.63) is 74.6 Å². The van der Waals surface area contributed by atoms with E-state index in [-0.39, 0.29) is 11.5 Å². The third kappa shape index (κ3) is 3.81. The normalized spacial score (nSPS) is 14.6. The molecule has 1 saturated carbocycles. The number of benzene rings is 2. The van der Waals surface area contributed by atoms with Crippen molar-refractivity contribution >= 4 is 32.6 Å². The first-order chi connectivity index (χ1) is 13.1. The summed E-state index contributed by atoms with van der Waals surface area (Å²) in [4.78, 5) is 25.0. The number of carbonyl (C=O) groups is 1. The minimum atomic E-state index is -0.128. The predicted octanol–water partition coefficient (Wildman–Crippen LogP) is 3.88. The van der Waals surface area contributed by atoms with E-state index in [1.165, 1.54) is 17.5 Å². The first-order valence-electron chi connectivity index (χ1n) is 9.17. The molecular weight excluding hydrogens is 406 g/mol. The molecule has 0 unspecified atom stereocenters. The quantitative estimate of drug-likeness (QED) is 0.689. The van der Waals surface area contributed by atoms with E-state index in [0.29, 0.717) is 28.1 Å². The second-order valence-corrected chi connectivity index (χ2v) is 7.70. The number of fused-ring (bicyclic) bond motifs is 1. The Morgan fingerprint density at radius 3 is 2.44 bits per heavy atom. The number of amides is 1. The second kappa shape index (κ2) is 7.64. The fourth-order valence-electron chi connectivity index (χ4n) is 3.57. The molecule has 0 atom stereocenters. The van der Waals surface area contributed by atoms with Crippen molar-refractivity contribution in [2.45, 2.75) is 38.3 Å². The molecule has 0 bridgehead atoms. The van der Waals surface area contributed by atoms with Gasteiger partial charge in [-0.25, -0.2) is 4.68 Å². The molecule has 4 rings (SSSR count). The van der Waals surface area contributed by atoms with Crippen molar-refractivity contribution in [3.63, 3.8) is 0 Å². The standard InChI is InChI=1S/C21H20BrN3O2/c22-19-17-7-3-4-8-18(17)21(27)25(24-19)13-14-9-11-15(12-10-14)20(26)23-16-5-1-2-6-16/h3-4,7-12,16H,1-2,5-6,13H2,(H,23,26). The molecule has 0 radical (unpaired) electrons. The van der Waals surface area contributed by atoms with Gasteiger partial charge in [-0.15, -0.1) is 0 Å². The van der Waals surface area contributed by atoms with Gasteiger partial charge in [0, 0.05) is 17.0 Å². The van der Waals surface area contributed by atoms with Crippen LogP contribution in [0.15, 0.2) is 57.9 Å². The van der Waals surface area contributed by atoms with E-state index < -0.39 is 0 Å². The van der Waals surface area contributed by atoms with Crippen LogP contribution < -0.4 is 10.9 Å². The van der Waals surface area contributed by atoms with Crippen molar-refractivity contribution in [2.75, 3.05) is 0 Å². The van der Waals surface area contributed by atoms with Crippen LogP contribution in [0.1, 0.15) is 41.6 Å². The van der Waals surface area contributed by atoms with Gasteiger partial charge in [0.25, 0.3) is 11.5 Å². The van der Waals surface area contributed by atoms with Crippen molar-refractivity contribution in [1.82, 2.24) is 15.1 Å². The molecule has 0 saturated heterocycles. The molecule has 27 heavy (non-hydrogen) atoms. The van der Waals surface area contributed by atoms with Crippen molar-refractivity contribution in [2.24, 2.45) is 0 Å². The Labute approximate surface area is 165 Å². The molecule has 3 aromatic rings. The van der Waals surface area contributed by atoms with E-state index >= 15 is 0 Å². The van der Waals surface area contributed by atoms with Crippen LogP contribution in [0.4, 0.5) is 0 Å². The van der Waals surface area contributed by atoms with Crippen LogP contribution in [0, 0.1) is 0 Å². The molecule has 138 valence electrons. The smallest absolute Gasteiger partial charge is 0.275 e. The first kappa shape index (κ1) is 17.9. The molecule has 0 aliphatic heterocycles. The van der Waals surface area contributed by atoms with Gasteiger partial charge in [-0.1, -0.05) is 43.2 Å². The topological polar surface area (TPSA) is 64.0 Å². The number of nitrogens with zero attached hydrogens (tertiary/aromatic N) is 2. The first-order valence-corrected chi connectivity index (χ1v) is 9.96. The third-order valence-electron chi connectivity index (χ3n) is 5.06. The zero-order valence-corrected chi connectivity index (χ0v) is 16.4. The van der Waals surface area contributed by atoms with Gasteiger partial charge in [0.1, 0.15) is 4.60 Å². The van der Waals surface area contributed by atoms with Gasteiger partial charge in [-0.3, -0.25) is 9.59 Å². The zero-order valence-electron chi connectivity index (χ0n) is 14.8. The van der Waals surface area contributed by atoms with Crippen LogP contribution in [-0.4, -0.2) is 21.7 Å². The fourth-order valence-corrected chi connectivity index (χ4v) is 4.11. The highest BCUT2D eigenvalue weighted by molar-refractivity contribution is 9.10. The van der Waals surface area contributed by atoms with Crippen LogP contribution in [0.25, 0.3) is 10.8 Å². The van der Waals surface area contributed by atoms with Gasteiger partial charge in [0.2, 0.25) is 0 Å². The summed E-state index contributed by atoms with van der Waals surface area (Å²) < 4.78 is 2.09. The van der Waals surface area contributed by atoms with Gasteiger partial charge in [0.05, 0.1) is 11.9 Å². The zero-order chi connectivity index (χ0) is 18.8. The van der Waals surface area contributed by atoms with E-state index in [0.717, 1.165) is 23.8 Å². The minimum Gasteiger partial charge on any atom is -0.349 e. The van der Waals surface area contributed by atoms with Crippen molar-refractivity contribution in [3.8, 4) is 0 Å². The summed E-state index contributed by atoms with van der Waals surface area (Å²) in [7, 11) is 0. The maximum Gasteiger partial charge on any atom is 0.275 e. The number of aromatic nitrogens is 2. The Hall–Kier alpha value is -2.47. The average Bonchev–Trinajstić information content (AvgIpc) is 3.19. The number of halogens is 1. The number of hydrogen-bond donors (Lipinski definition) is 1. The molecule has 0 spiro atoms. The lowest BCUT2D eigenvalue weighted by atomic mass is 10.1. The molecule has 6 heteroatoms. The average molecular weight is 426 g/mol. The minimum absolute atomic E-state index is 0.0304. The Kier molecular flexibility index (Phi) is 5.07. The molecular formula is C21H20BrN3O2. The number of rotatable bonds is 4. The van der Waals surface area contributed by atoms with Crippen LogP contribution >= 0.6 is 15.9 Å². The van der Waals surface area contributed by atoms with Crippen LogP contribution in [-0.2, 0) is 6.54 Å². The molecule has 1 amide bonds. The van der Waals surface area contributed by atoms with E-state index in [2.05, 4.69) is 26.3 Å². The lowest BCUT2D eigenvalue weighted by Crippen LogP contribution is -2.32. The highest BCUT2D eigenvalue weighted by Gasteiger charge is 2.18. The van der Waals surface area contributed by atoms with E-state index in [4.69, 9.17) is 0 Å². The predicted molar refractivity (Wildman–Crippen MR) is 109 cm³/mol. The van der Waals surface area contributed by atoms with Gasteiger partial charge in [0.15, 0.2) is 0 Å². The van der Waals surface area contributed by atoms with Gasteiger partial charge < -0.3 is 5.32 Å². The van der Waals surface area contributed by atoms with Crippen LogP contribution in [0.2, 0.25) is 0 Å². The fraction of sp³-hybridized carbons (Fsp3) is 0.286. The molecule has 1 aromatic heterocycles. The van der Waals surface area contributed by atoms with Crippen LogP contribution in [0.5, 0.6) is 0 Å². The summed E-state index contributed by atoms with van der Waals surface area (Å²) in [6.45, 7) is 0.354. The number of nitrogens with one attached hydrogen (secondary N) is 1. The second-order valence-electron chi connectivity index (χ2n) is 6.95. The molecule has 1 N–H and O–H groups in total. The Balaban J connectivity index is 1.53. The Morgan fingerprint density at radius 2 is 1.74 bits per heavy atom. The number of hydrogen-bond acceptors (Lipinski definition) is 3. The van der Waals surface area contributed by atoms with Gasteiger partial charge >= 0.3 is 0 Å². The summed E-state index contributed by atoms with van der Waals surface area (Å²) in [6.07, 6.45) is 4.50. The maximum atomic E-state index is 12.7. The Morgan fingerprint density at radius 1 is 1.07 bits per heavy atom. The SMILES string of the molecule is O=C(NC1CCCC1)c1ccc(Cn2nc(Br)c3ccccc3c2=O)cc1. The Bertz CT molecular complexity index is 1040. The van der Waals surface area contributed by atoms with Crippen molar-refractivity contribution in [1.29, 1.82) is 0 Å². The third-order valence-corrected chi connectivity index (χ3v) is 5.65. The largest absolute Gasteiger partial charge is 0.349 e. The van der Waals surface area contributed by atoms with E-state index in [1.54, 1.807) is 18.2 Å². The summed E-state index contributed by atoms with van der Waals surface area (Å²) in [5.41, 5.74) is 1.44. The molecule has 1 heterocycles. The van der Waals surface area contributed by atoms with Gasteiger partial charge in [-0.05, 0) is 52.5 Å². The highest BCUT2D eigenvalue weighted by Crippen LogP contribution is 2.19. The molecule has 1 aliphatic carbocycles. The lowest BCUT2D eigenvalue weighted by molar-refractivity contribution is 0.0938. The lowest BCUT2D eigenvalue weighted by Gasteiger charge is -2.12. The van der Waals surface area contributed by atoms with E-state index in [9.17, 15) is 9.59 Å². The van der Waals surface area contributed by atoms with Gasteiger partial charge in [-0.2, -0.15) is 5.10 Å². The molecule has 2 aromatic carbocycles. The summed E-state index contributed by atoms with van der Waals surface area (Å²) in [5.74, 6) is -0.0304. The summed E-state index contributed by atoms with van der Waals surface area (Å²) in [5, 5.41) is 8.89. The maximum absolute atomic E-state index is 12.7. The molecule has 1 aliphatic rings.